The van der Waals surface area contributed by atoms with Crippen molar-refractivity contribution in [3.05, 3.63) is 47.4 Å². The van der Waals surface area contributed by atoms with Crippen LogP contribution < -0.4 is 26.1 Å². The molecule has 0 amide bonds. The molecule has 1 aromatic heterocycles. The normalized spacial score (nSPS) is 12.3. The fraction of sp³-hybridized carbons (Fsp3) is 0.519. The second-order valence-corrected chi connectivity index (χ2v) is 7.91. The van der Waals surface area contributed by atoms with Crippen molar-refractivity contribution in [1.82, 2.24) is 15.6 Å². The summed E-state index contributed by atoms with van der Waals surface area (Å²) in [4.78, 5) is 4.67. The van der Waals surface area contributed by atoms with E-state index in [4.69, 9.17) is 23.4 Å². The monoisotopic (exact) mass is 487 g/mol. The second-order valence-electron chi connectivity index (χ2n) is 7.91. The fourth-order valence-electron chi connectivity index (χ4n) is 3.18. The smallest absolute Gasteiger partial charge is 0.227 e. The largest absolute Gasteiger partial charge is 0.494 e. The molecule has 2 aromatic rings. The van der Waals surface area contributed by atoms with E-state index >= 15 is 0 Å². The van der Waals surface area contributed by atoms with Gasteiger partial charge in [-0.2, -0.15) is 0 Å². The first-order chi connectivity index (χ1) is 17.2. The Morgan fingerprint density at radius 2 is 1.60 bits per heavy atom. The third kappa shape index (κ3) is 11.6. The molecule has 35 heavy (non-hydrogen) atoms. The van der Waals surface area contributed by atoms with Crippen LogP contribution in [0.15, 0.2) is 41.0 Å². The molecule has 0 saturated heterocycles. The maximum Gasteiger partial charge on any atom is 0.227 e. The molecule has 8 nitrogen and oxygen atoms in total. The molecule has 1 aromatic carbocycles. The number of methoxy groups -OCH3 is 2. The zero-order valence-corrected chi connectivity index (χ0v) is 21.4. The van der Waals surface area contributed by atoms with Crippen molar-refractivity contribution < 1.29 is 23.4 Å². The summed E-state index contributed by atoms with van der Waals surface area (Å²) in [7, 11) is 3.40. The number of benzene rings is 1. The van der Waals surface area contributed by atoms with Crippen LogP contribution in [0.3, 0.4) is 0 Å². The van der Waals surface area contributed by atoms with E-state index in [0.717, 1.165) is 68.7 Å². The van der Waals surface area contributed by atoms with Crippen molar-refractivity contribution in [2.45, 2.75) is 26.2 Å². The van der Waals surface area contributed by atoms with E-state index in [9.17, 15) is 0 Å². The van der Waals surface area contributed by atoms with Crippen LogP contribution >= 0.6 is 0 Å². The van der Waals surface area contributed by atoms with Gasteiger partial charge < -0.3 is 34.0 Å². The van der Waals surface area contributed by atoms with E-state index in [1.807, 2.05) is 30.3 Å². The SMILES string of the molecule is C=C(C=c1oc(-c2ccc(OCCCNCCOC)cc2)nc1=CCC)OCCCNCCOC. The lowest BCUT2D eigenvalue weighted by Crippen LogP contribution is -2.22. The van der Waals surface area contributed by atoms with Crippen LogP contribution in [0.4, 0.5) is 0 Å². The summed E-state index contributed by atoms with van der Waals surface area (Å²) in [6, 6.07) is 7.79. The minimum Gasteiger partial charge on any atom is -0.494 e. The van der Waals surface area contributed by atoms with Gasteiger partial charge in [-0.3, -0.25) is 0 Å². The number of rotatable bonds is 19. The van der Waals surface area contributed by atoms with Gasteiger partial charge in [0.2, 0.25) is 5.89 Å². The number of ether oxygens (including phenoxy) is 4. The van der Waals surface area contributed by atoms with Crippen molar-refractivity contribution in [3.63, 3.8) is 0 Å². The van der Waals surface area contributed by atoms with Gasteiger partial charge in [-0.1, -0.05) is 19.6 Å². The highest BCUT2D eigenvalue weighted by Crippen LogP contribution is 2.19. The summed E-state index contributed by atoms with van der Waals surface area (Å²) in [5.41, 5.74) is 1.53. The molecule has 2 rings (SSSR count). The lowest BCUT2D eigenvalue weighted by Gasteiger charge is -2.07. The highest BCUT2D eigenvalue weighted by molar-refractivity contribution is 5.55. The maximum absolute atomic E-state index is 6.06. The topological polar surface area (TPSA) is 87.0 Å². The number of nitrogens with zero attached hydrogens (tertiary/aromatic N) is 1. The van der Waals surface area contributed by atoms with Gasteiger partial charge in [-0.15, -0.1) is 0 Å². The summed E-state index contributed by atoms with van der Waals surface area (Å²) >= 11 is 0. The number of hydrogen-bond acceptors (Lipinski definition) is 8. The Morgan fingerprint density at radius 1 is 0.943 bits per heavy atom. The van der Waals surface area contributed by atoms with Gasteiger partial charge >= 0.3 is 0 Å². The Hall–Kier alpha value is -2.65. The van der Waals surface area contributed by atoms with Crippen molar-refractivity contribution in [2.75, 3.05) is 66.8 Å². The predicted octanol–water partition coefficient (Wildman–Crippen LogP) is 2.47. The molecule has 0 fully saturated rings. The van der Waals surface area contributed by atoms with Crippen molar-refractivity contribution in [1.29, 1.82) is 0 Å². The first kappa shape index (κ1) is 28.6. The first-order valence-electron chi connectivity index (χ1n) is 12.3. The van der Waals surface area contributed by atoms with E-state index in [0.29, 0.717) is 36.9 Å². The quantitative estimate of drug-likeness (QED) is 0.231. The molecule has 194 valence electrons. The van der Waals surface area contributed by atoms with Crippen LogP contribution in [0.5, 0.6) is 5.75 Å². The summed E-state index contributed by atoms with van der Waals surface area (Å²) in [6.45, 7) is 12.2. The minimum absolute atomic E-state index is 0.552. The zero-order valence-electron chi connectivity index (χ0n) is 21.4. The van der Waals surface area contributed by atoms with Gasteiger partial charge in [0.1, 0.15) is 16.9 Å². The van der Waals surface area contributed by atoms with E-state index < -0.39 is 0 Å². The average molecular weight is 488 g/mol. The third-order valence-electron chi connectivity index (χ3n) is 4.99. The molecule has 1 heterocycles. The predicted molar refractivity (Wildman–Crippen MR) is 140 cm³/mol. The Labute approximate surface area is 209 Å². The molecule has 0 saturated carbocycles. The molecule has 0 radical (unpaired) electrons. The Bertz CT molecular complexity index is 956. The van der Waals surface area contributed by atoms with Crippen molar-refractivity contribution >= 4 is 12.2 Å². The Morgan fingerprint density at radius 3 is 2.23 bits per heavy atom. The lowest BCUT2D eigenvalue weighted by atomic mass is 10.2. The van der Waals surface area contributed by atoms with E-state index in [2.05, 4.69) is 29.1 Å². The zero-order chi connectivity index (χ0) is 25.1. The fourth-order valence-corrected chi connectivity index (χ4v) is 3.18. The molecule has 8 heteroatoms. The van der Waals surface area contributed by atoms with Crippen molar-refractivity contribution in [3.8, 4) is 17.2 Å². The summed E-state index contributed by atoms with van der Waals surface area (Å²) < 4.78 is 27.6. The van der Waals surface area contributed by atoms with Crippen LogP contribution in [0.1, 0.15) is 26.2 Å². The molecule has 0 aliphatic heterocycles. The van der Waals surface area contributed by atoms with Crippen molar-refractivity contribution in [2.24, 2.45) is 0 Å². The van der Waals surface area contributed by atoms with Gasteiger partial charge in [0.15, 0.2) is 5.42 Å². The van der Waals surface area contributed by atoms with Gasteiger partial charge in [0.05, 0.1) is 26.4 Å². The standard InChI is InChI=1S/C27H41N3O5/c1-5-8-25-26(21-22(2)33-17-6-13-28-15-19-31-3)35-27(30-25)23-9-11-24(12-10-23)34-18-7-14-29-16-20-32-4/h8-12,21,28-29H,2,5-7,13-20H2,1,3-4H3. The molecule has 0 bridgehead atoms. The van der Waals surface area contributed by atoms with Gasteiger partial charge in [-0.25, -0.2) is 4.98 Å². The highest BCUT2D eigenvalue weighted by atomic mass is 16.5. The van der Waals surface area contributed by atoms with E-state index in [1.54, 1.807) is 20.3 Å². The van der Waals surface area contributed by atoms with Crippen LogP contribution in [0, 0.1) is 0 Å². The second kappa shape index (κ2) is 17.7. The molecule has 0 aliphatic carbocycles. The molecule has 0 unspecified atom stereocenters. The molecule has 2 N–H and O–H groups in total. The maximum atomic E-state index is 6.06. The number of aromatic nitrogens is 1. The molecule has 0 spiro atoms. The van der Waals surface area contributed by atoms with Gasteiger partial charge in [0.25, 0.3) is 0 Å². The third-order valence-corrected chi connectivity index (χ3v) is 4.99. The van der Waals surface area contributed by atoms with Crippen LogP contribution in [-0.4, -0.2) is 71.8 Å². The Kier molecular flexibility index (Phi) is 14.5. The van der Waals surface area contributed by atoms with Gasteiger partial charge in [-0.05, 0) is 56.6 Å². The number of oxazole rings is 1. The Balaban J connectivity index is 1.90. The summed E-state index contributed by atoms with van der Waals surface area (Å²) in [6.07, 6.45) is 6.49. The number of hydrogen-bond donors (Lipinski definition) is 2. The number of allylic oxidation sites excluding steroid dienone is 1. The molecular weight excluding hydrogens is 446 g/mol. The molecule has 0 atom stereocenters. The number of nitrogens with one attached hydrogen (secondary N) is 2. The highest BCUT2D eigenvalue weighted by Gasteiger charge is 2.07. The minimum atomic E-state index is 0.552. The summed E-state index contributed by atoms with van der Waals surface area (Å²) in [5, 5.41) is 7.38. The van der Waals surface area contributed by atoms with E-state index in [1.165, 1.54) is 0 Å². The summed E-state index contributed by atoms with van der Waals surface area (Å²) in [5.74, 6) is 1.93. The average Bonchev–Trinajstić information content (AvgIpc) is 3.25. The first-order valence-corrected chi connectivity index (χ1v) is 12.3. The molecular formula is C27H41N3O5. The van der Waals surface area contributed by atoms with Crippen LogP contribution in [0.2, 0.25) is 0 Å². The van der Waals surface area contributed by atoms with E-state index in [-0.39, 0.29) is 0 Å². The molecule has 0 aliphatic rings. The lowest BCUT2D eigenvalue weighted by molar-refractivity contribution is 0.195. The van der Waals surface area contributed by atoms with Crippen LogP contribution in [0.25, 0.3) is 23.6 Å². The van der Waals surface area contributed by atoms with Crippen LogP contribution in [-0.2, 0) is 14.2 Å². The van der Waals surface area contributed by atoms with Gasteiger partial charge in [0, 0.05) is 38.9 Å².